The van der Waals surface area contributed by atoms with E-state index in [0.717, 1.165) is 19.3 Å². The summed E-state index contributed by atoms with van der Waals surface area (Å²) in [5.41, 5.74) is 2.52. The quantitative estimate of drug-likeness (QED) is 0.446. The minimum atomic E-state index is -0.542. The van der Waals surface area contributed by atoms with Crippen molar-refractivity contribution in [2.75, 3.05) is 0 Å². The molecule has 0 aliphatic heterocycles. The monoisotopic (exact) mass is 228 g/mol. The zero-order valence-electron chi connectivity index (χ0n) is 9.47. The van der Waals surface area contributed by atoms with Gasteiger partial charge in [0, 0.05) is 5.56 Å². The van der Waals surface area contributed by atoms with E-state index in [1.165, 1.54) is 18.2 Å². The summed E-state index contributed by atoms with van der Waals surface area (Å²) >= 11 is 0. The van der Waals surface area contributed by atoms with Gasteiger partial charge >= 0.3 is 0 Å². The Morgan fingerprint density at radius 1 is 1.25 bits per heavy atom. The molecule has 0 saturated carbocycles. The summed E-state index contributed by atoms with van der Waals surface area (Å²) in [4.78, 5) is 0. The van der Waals surface area contributed by atoms with Gasteiger partial charge < -0.3 is 0 Å². The number of benzene rings is 1. The number of hydrogen-bond acceptors (Lipinski definition) is 2. The smallest absolute Gasteiger partial charge is 0.130 e. The second kappa shape index (κ2) is 6.55. The lowest BCUT2D eigenvalue weighted by molar-refractivity contribution is 0.439. The minimum Gasteiger partial charge on any atom is -0.271 e. The number of nitrogens with two attached hydrogens (primary N) is 1. The van der Waals surface area contributed by atoms with E-state index < -0.39 is 17.7 Å². The van der Waals surface area contributed by atoms with Crippen LogP contribution in [0.25, 0.3) is 0 Å². The van der Waals surface area contributed by atoms with E-state index in [2.05, 4.69) is 12.3 Å². The Kier molecular flexibility index (Phi) is 5.35. The van der Waals surface area contributed by atoms with E-state index in [0.29, 0.717) is 6.42 Å². The maximum absolute atomic E-state index is 13.5. The Bertz CT molecular complexity index is 309. The van der Waals surface area contributed by atoms with Crippen molar-refractivity contribution in [2.45, 2.75) is 38.6 Å². The summed E-state index contributed by atoms with van der Waals surface area (Å²) in [5.74, 6) is 4.26. The van der Waals surface area contributed by atoms with Crippen LogP contribution in [0.2, 0.25) is 0 Å². The van der Waals surface area contributed by atoms with Crippen LogP contribution in [0, 0.1) is 11.6 Å². The lowest BCUT2D eigenvalue weighted by Gasteiger charge is -2.17. The first-order valence-corrected chi connectivity index (χ1v) is 5.60. The molecule has 1 atom stereocenters. The Morgan fingerprint density at radius 3 is 2.38 bits per heavy atom. The Balaban J connectivity index is 2.78. The first-order valence-electron chi connectivity index (χ1n) is 5.60. The van der Waals surface area contributed by atoms with Crippen LogP contribution in [0.15, 0.2) is 18.2 Å². The van der Waals surface area contributed by atoms with Crippen molar-refractivity contribution in [2.24, 2.45) is 5.84 Å². The maximum Gasteiger partial charge on any atom is 0.130 e. The molecule has 90 valence electrons. The zero-order chi connectivity index (χ0) is 12.0. The number of hydrazine groups is 1. The fraction of sp³-hybridized carbons (Fsp3) is 0.500. The van der Waals surface area contributed by atoms with Crippen molar-refractivity contribution in [1.82, 2.24) is 5.43 Å². The van der Waals surface area contributed by atoms with E-state index in [9.17, 15) is 8.78 Å². The van der Waals surface area contributed by atoms with Gasteiger partial charge in [-0.05, 0) is 18.6 Å². The van der Waals surface area contributed by atoms with Gasteiger partial charge in [0.15, 0.2) is 0 Å². The van der Waals surface area contributed by atoms with Crippen molar-refractivity contribution in [3.8, 4) is 0 Å². The summed E-state index contributed by atoms with van der Waals surface area (Å²) in [5, 5.41) is 0. The molecule has 0 amide bonds. The van der Waals surface area contributed by atoms with E-state index >= 15 is 0 Å². The average Bonchev–Trinajstić information content (AvgIpc) is 2.26. The molecule has 1 unspecified atom stereocenters. The molecular weight excluding hydrogens is 210 g/mol. The molecule has 0 bridgehead atoms. The van der Waals surface area contributed by atoms with Crippen LogP contribution in [0.5, 0.6) is 0 Å². The fourth-order valence-electron chi connectivity index (χ4n) is 1.75. The summed E-state index contributed by atoms with van der Waals surface area (Å²) in [7, 11) is 0. The normalized spacial score (nSPS) is 12.8. The van der Waals surface area contributed by atoms with Crippen LogP contribution in [-0.4, -0.2) is 0 Å². The molecule has 4 heteroatoms. The summed E-state index contributed by atoms with van der Waals surface area (Å²) in [6.45, 7) is 2.08. The second-order valence-corrected chi connectivity index (χ2v) is 3.85. The first-order chi connectivity index (χ1) is 7.70. The van der Waals surface area contributed by atoms with E-state index in [-0.39, 0.29) is 5.56 Å². The van der Waals surface area contributed by atoms with Gasteiger partial charge in [-0.1, -0.05) is 32.3 Å². The van der Waals surface area contributed by atoms with Crippen molar-refractivity contribution in [3.05, 3.63) is 35.4 Å². The summed E-state index contributed by atoms with van der Waals surface area (Å²) < 4.78 is 26.9. The molecule has 2 nitrogen and oxygen atoms in total. The van der Waals surface area contributed by atoms with Crippen LogP contribution >= 0.6 is 0 Å². The molecule has 0 aliphatic rings. The molecule has 1 rings (SSSR count). The Morgan fingerprint density at radius 2 is 1.88 bits per heavy atom. The first kappa shape index (κ1) is 13.1. The lowest BCUT2D eigenvalue weighted by Crippen LogP contribution is -2.29. The van der Waals surface area contributed by atoms with Gasteiger partial charge in [-0.15, -0.1) is 0 Å². The molecule has 0 saturated heterocycles. The highest BCUT2D eigenvalue weighted by Crippen LogP contribution is 2.24. The maximum atomic E-state index is 13.5. The SMILES string of the molecule is CCCCCC(NN)c1c(F)cccc1F. The third-order valence-electron chi connectivity index (χ3n) is 2.65. The van der Waals surface area contributed by atoms with Crippen LogP contribution in [0.4, 0.5) is 8.78 Å². The van der Waals surface area contributed by atoms with Crippen LogP contribution in [0.1, 0.15) is 44.2 Å². The lowest BCUT2D eigenvalue weighted by atomic mass is 10.00. The summed E-state index contributed by atoms with van der Waals surface area (Å²) in [6.07, 6.45) is 3.65. The molecule has 0 radical (unpaired) electrons. The highest BCUT2D eigenvalue weighted by Gasteiger charge is 2.18. The van der Waals surface area contributed by atoms with Gasteiger partial charge in [0.2, 0.25) is 0 Å². The molecule has 0 aliphatic carbocycles. The van der Waals surface area contributed by atoms with Crippen molar-refractivity contribution >= 4 is 0 Å². The Hall–Kier alpha value is -1.00. The summed E-state index contributed by atoms with van der Waals surface area (Å²) in [6, 6.07) is 3.41. The minimum absolute atomic E-state index is 0.0427. The van der Waals surface area contributed by atoms with Gasteiger partial charge in [-0.2, -0.15) is 0 Å². The van der Waals surface area contributed by atoms with Gasteiger partial charge in [0.1, 0.15) is 11.6 Å². The van der Waals surface area contributed by atoms with E-state index in [1.54, 1.807) is 0 Å². The molecule has 1 aromatic carbocycles. The number of halogens is 2. The number of unbranched alkanes of at least 4 members (excludes halogenated alkanes) is 2. The van der Waals surface area contributed by atoms with Crippen molar-refractivity contribution in [3.63, 3.8) is 0 Å². The highest BCUT2D eigenvalue weighted by molar-refractivity contribution is 5.23. The number of nitrogens with one attached hydrogen (secondary N) is 1. The van der Waals surface area contributed by atoms with Gasteiger partial charge in [0.05, 0.1) is 6.04 Å². The standard InChI is InChI=1S/C12H18F2N2/c1-2-3-4-8-11(16-15)12-9(13)6-5-7-10(12)14/h5-7,11,16H,2-4,8,15H2,1H3. The van der Waals surface area contributed by atoms with Gasteiger partial charge in [-0.3, -0.25) is 11.3 Å². The van der Waals surface area contributed by atoms with Crippen molar-refractivity contribution < 1.29 is 8.78 Å². The predicted molar refractivity (Wildman–Crippen MR) is 60.6 cm³/mol. The number of hydrogen-bond donors (Lipinski definition) is 2. The van der Waals surface area contributed by atoms with Gasteiger partial charge in [-0.25, -0.2) is 8.78 Å². The molecule has 0 heterocycles. The second-order valence-electron chi connectivity index (χ2n) is 3.85. The van der Waals surface area contributed by atoms with E-state index in [4.69, 9.17) is 5.84 Å². The predicted octanol–water partition coefficient (Wildman–Crippen LogP) is 3.05. The van der Waals surface area contributed by atoms with E-state index in [1.807, 2.05) is 0 Å². The fourth-order valence-corrected chi connectivity index (χ4v) is 1.75. The van der Waals surface area contributed by atoms with Crippen LogP contribution in [0.3, 0.4) is 0 Å². The largest absolute Gasteiger partial charge is 0.271 e. The third kappa shape index (κ3) is 3.25. The average molecular weight is 228 g/mol. The van der Waals surface area contributed by atoms with Crippen molar-refractivity contribution in [1.29, 1.82) is 0 Å². The van der Waals surface area contributed by atoms with Crippen LogP contribution in [-0.2, 0) is 0 Å². The Labute approximate surface area is 94.8 Å². The molecular formula is C12H18F2N2. The molecule has 16 heavy (non-hydrogen) atoms. The van der Waals surface area contributed by atoms with Gasteiger partial charge in [0.25, 0.3) is 0 Å². The molecule has 3 N–H and O–H groups in total. The molecule has 0 spiro atoms. The molecule has 1 aromatic rings. The molecule has 0 fully saturated rings. The number of rotatable bonds is 6. The highest BCUT2D eigenvalue weighted by atomic mass is 19.1. The zero-order valence-corrected chi connectivity index (χ0v) is 9.47. The third-order valence-corrected chi connectivity index (χ3v) is 2.65. The van der Waals surface area contributed by atoms with Crippen LogP contribution < -0.4 is 11.3 Å². The topological polar surface area (TPSA) is 38.0 Å². The molecule has 0 aromatic heterocycles.